The summed E-state index contributed by atoms with van der Waals surface area (Å²) in [5.74, 6) is 0.161. The highest BCUT2D eigenvalue weighted by molar-refractivity contribution is 7.14. The number of aliphatic hydroxyl groups excluding tert-OH is 1. The highest BCUT2D eigenvalue weighted by Gasteiger charge is 2.17. The molecule has 1 unspecified atom stereocenters. The molecule has 0 fully saturated rings. The number of thiophene rings is 1. The van der Waals surface area contributed by atoms with Gasteiger partial charge in [0.05, 0.1) is 25.3 Å². The van der Waals surface area contributed by atoms with Crippen molar-refractivity contribution in [3.8, 4) is 11.5 Å². The quantitative estimate of drug-likeness (QED) is 0.860. The molecule has 2 aromatic rings. The number of benzene rings is 1. The van der Waals surface area contributed by atoms with Gasteiger partial charge >= 0.3 is 0 Å². The molecule has 20 heavy (non-hydrogen) atoms. The minimum Gasteiger partial charge on any atom is -0.493 e. The summed E-state index contributed by atoms with van der Waals surface area (Å²) in [6.45, 7) is 0.215. The van der Waals surface area contributed by atoms with E-state index in [1.54, 1.807) is 0 Å². The molecule has 0 saturated carbocycles. The van der Waals surface area contributed by atoms with E-state index in [9.17, 15) is 9.50 Å². The van der Waals surface area contributed by atoms with E-state index in [0.717, 1.165) is 5.00 Å². The third-order valence-electron chi connectivity index (χ3n) is 2.85. The molecule has 0 aliphatic heterocycles. The van der Waals surface area contributed by atoms with E-state index in [-0.39, 0.29) is 12.1 Å². The van der Waals surface area contributed by atoms with Crippen molar-refractivity contribution >= 4 is 16.3 Å². The zero-order chi connectivity index (χ0) is 14.5. The van der Waals surface area contributed by atoms with Gasteiger partial charge in [0.1, 0.15) is 5.82 Å². The van der Waals surface area contributed by atoms with Gasteiger partial charge in [0.25, 0.3) is 0 Å². The van der Waals surface area contributed by atoms with Gasteiger partial charge in [-0.25, -0.2) is 4.39 Å². The van der Waals surface area contributed by atoms with Crippen molar-refractivity contribution in [1.29, 1.82) is 0 Å². The van der Waals surface area contributed by atoms with Crippen LogP contribution in [0.5, 0.6) is 11.5 Å². The standard InChI is InChI=1S/C14H16FNO3S/c1-18-12-6-9(10(15)7-13(12)19-2)11(17)8-16-14-4-3-5-20-14/h3-7,11,16-17H,8H2,1-2H3. The highest BCUT2D eigenvalue weighted by atomic mass is 32.1. The first kappa shape index (κ1) is 14.6. The van der Waals surface area contributed by atoms with E-state index in [4.69, 9.17) is 9.47 Å². The van der Waals surface area contributed by atoms with Crippen LogP contribution in [-0.2, 0) is 0 Å². The van der Waals surface area contributed by atoms with Crippen LogP contribution < -0.4 is 14.8 Å². The fourth-order valence-electron chi connectivity index (χ4n) is 1.81. The lowest BCUT2D eigenvalue weighted by molar-refractivity contribution is 0.186. The maximum absolute atomic E-state index is 13.9. The molecule has 0 aliphatic rings. The molecular formula is C14H16FNO3S. The largest absolute Gasteiger partial charge is 0.493 e. The summed E-state index contributed by atoms with van der Waals surface area (Å²) < 4.78 is 24.1. The molecule has 0 bridgehead atoms. The number of rotatable bonds is 6. The van der Waals surface area contributed by atoms with Crippen LogP contribution in [0, 0.1) is 5.82 Å². The van der Waals surface area contributed by atoms with Crippen LogP contribution in [0.25, 0.3) is 0 Å². The molecule has 0 amide bonds. The van der Waals surface area contributed by atoms with Crippen molar-refractivity contribution in [3.63, 3.8) is 0 Å². The monoisotopic (exact) mass is 297 g/mol. The van der Waals surface area contributed by atoms with Crippen LogP contribution in [0.3, 0.4) is 0 Å². The highest BCUT2D eigenvalue weighted by Crippen LogP contribution is 2.32. The van der Waals surface area contributed by atoms with E-state index >= 15 is 0 Å². The zero-order valence-electron chi connectivity index (χ0n) is 11.2. The van der Waals surface area contributed by atoms with Crippen molar-refractivity contribution in [3.05, 3.63) is 41.0 Å². The maximum atomic E-state index is 13.9. The van der Waals surface area contributed by atoms with Crippen molar-refractivity contribution in [2.45, 2.75) is 6.10 Å². The summed E-state index contributed by atoms with van der Waals surface area (Å²) in [5.41, 5.74) is 0.173. The van der Waals surface area contributed by atoms with Crippen LogP contribution in [0.15, 0.2) is 29.6 Å². The molecule has 0 aliphatic carbocycles. The number of nitrogens with one attached hydrogen (secondary N) is 1. The molecule has 1 heterocycles. The molecule has 2 N–H and O–H groups in total. The van der Waals surface area contributed by atoms with Gasteiger partial charge in [0, 0.05) is 18.2 Å². The van der Waals surface area contributed by atoms with Gasteiger partial charge in [-0.1, -0.05) is 0 Å². The van der Waals surface area contributed by atoms with E-state index < -0.39 is 11.9 Å². The van der Waals surface area contributed by atoms with Gasteiger partial charge in [0.15, 0.2) is 11.5 Å². The van der Waals surface area contributed by atoms with Gasteiger partial charge in [-0.15, -0.1) is 11.3 Å². The Balaban J connectivity index is 2.14. The second-order valence-electron chi connectivity index (χ2n) is 4.10. The molecule has 2 rings (SSSR count). The first-order valence-corrected chi connectivity index (χ1v) is 6.90. The van der Waals surface area contributed by atoms with Crippen molar-refractivity contribution in [1.82, 2.24) is 0 Å². The minimum absolute atomic E-state index is 0.173. The van der Waals surface area contributed by atoms with Gasteiger partial charge in [-0.3, -0.25) is 0 Å². The molecule has 108 valence electrons. The Hall–Kier alpha value is -1.79. The number of aliphatic hydroxyl groups is 1. The molecule has 4 nitrogen and oxygen atoms in total. The number of hydrogen-bond acceptors (Lipinski definition) is 5. The van der Waals surface area contributed by atoms with Gasteiger partial charge < -0.3 is 19.9 Å². The predicted octanol–water partition coefficient (Wildman–Crippen LogP) is 3.05. The average Bonchev–Trinajstić information content (AvgIpc) is 2.97. The fourth-order valence-corrected chi connectivity index (χ4v) is 2.44. The van der Waals surface area contributed by atoms with E-state index in [1.165, 1.54) is 37.7 Å². The molecule has 1 aromatic heterocycles. The summed E-state index contributed by atoms with van der Waals surface area (Å²) in [6, 6.07) is 6.45. The number of ether oxygens (including phenoxy) is 2. The normalized spacial score (nSPS) is 12.0. The third kappa shape index (κ3) is 3.20. The number of methoxy groups -OCH3 is 2. The first-order valence-electron chi connectivity index (χ1n) is 6.02. The number of halogens is 1. The van der Waals surface area contributed by atoms with Crippen LogP contribution >= 0.6 is 11.3 Å². The van der Waals surface area contributed by atoms with Gasteiger partial charge in [-0.2, -0.15) is 0 Å². The van der Waals surface area contributed by atoms with Crippen LogP contribution in [0.2, 0.25) is 0 Å². The second-order valence-corrected chi connectivity index (χ2v) is 5.05. The summed E-state index contributed by atoms with van der Waals surface area (Å²) in [4.78, 5) is 0. The minimum atomic E-state index is -0.975. The van der Waals surface area contributed by atoms with E-state index in [1.807, 2.05) is 17.5 Å². The molecule has 6 heteroatoms. The molecule has 0 radical (unpaired) electrons. The summed E-state index contributed by atoms with van der Waals surface area (Å²) >= 11 is 1.52. The second kappa shape index (κ2) is 6.58. The SMILES string of the molecule is COc1cc(F)c(C(O)CNc2cccs2)cc1OC. The van der Waals surface area contributed by atoms with Crippen molar-refractivity contribution in [2.24, 2.45) is 0 Å². The maximum Gasteiger partial charge on any atom is 0.163 e. The van der Waals surface area contributed by atoms with E-state index in [0.29, 0.717) is 11.5 Å². The predicted molar refractivity (Wildman–Crippen MR) is 77.3 cm³/mol. The number of hydrogen-bond donors (Lipinski definition) is 2. The number of anilines is 1. The molecule has 1 atom stereocenters. The Kier molecular flexibility index (Phi) is 4.81. The lowest BCUT2D eigenvalue weighted by atomic mass is 10.1. The smallest absolute Gasteiger partial charge is 0.163 e. The Morgan fingerprint density at radius 2 is 2.00 bits per heavy atom. The molecular weight excluding hydrogens is 281 g/mol. The molecule has 1 aromatic carbocycles. The first-order chi connectivity index (χ1) is 9.65. The van der Waals surface area contributed by atoms with Crippen molar-refractivity contribution in [2.75, 3.05) is 26.1 Å². The molecule has 0 spiro atoms. The van der Waals surface area contributed by atoms with Crippen LogP contribution in [-0.4, -0.2) is 25.9 Å². The summed E-state index contributed by atoms with van der Waals surface area (Å²) in [5, 5.41) is 16.0. The van der Waals surface area contributed by atoms with Crippen LogP contribution in [0.4, 0.5) is 9.39 Å². The average molecular weight is 297 g/mol. The topological polar surface area (TPSA) is 50.7 Å². The Labute approximate surface area is 120 Å². The fraction of sp³-hybridized carbons (Fsp3) is 0.286. The Bertz CT molecular complexity index is 560. The van der Waals surface area contributed by atoms with Gasteiger partial charge in [0.2, 0.25) is 0 Å². The van der Waals surface area contributed by atoms with Crippen LogP contribution in [0.1, 0.15) is 11.7 Å². The zero-order valence-corrected chi connectivity index (χ0v) is 12.0. The van der Waals surface area contributed by atoms with Crippen molar-refractivity contribution < 1.29 is 19.0 Å². The third-order valence-corrected chi connectivity index (χ3v) is 3.68. The Morgan fingerprint density at radius 1 is 1.30 bits per heavy atom. The summed E-state index contributed by atoms with van der Waals surface area (Å²) in [7, 11) is 2.90. The Morgan fingerprint density at radius 3 is 2.60 bits per heavy atom. The lowest BCUT2D eigenvalue weighted by Crippen LogP contribution is -2.13. The lowest BCUT2D eigenvalue weighted by Gasteiger charge is -2.16. The van der Waals surface area contributed by atoms with E-state index in [2.05, 4.69) is 5.32 Å². The molecule has 0 saturated heterocycles. The van der Waals surface area contributed by atoms with Gasteiger partial charge in [-0.05, 0) is 23.6 Å². The summed E-state index contributed by atoms with van der Waals surface area (Å²) in [6.07, 6.45) is -0.975.